The molecule has 0 radical (unpaired) electrons. The fourth-order valence-corrected chi connectivity index (χ4v) is 2.82. The first kappa shape index (κ1) is 8.98. The first-order valence-electron chi connectivity index (χ1n) is 5.52. The molecule has 1 nitrogen and oxygen atoms in total. The van der Waals surface area contributed by atoms with Crippen molar-refractivity contribution in [3.8, 4) is 0 Å². The van der Waals surface area contributed by atoms with E-state index in [2.05, 4.69) is 6.08 Å². The van der Waals surface area contributed by atoms with Gasteiger partial charge in [-0.2, -0.15) is 0 Å². The standard InChI is InChI=1S/C12H18O/c13-8-7-10-5-6-11-3-1-2-4-12(11)9-10/h3,8,10,12H,1-2,4-7,9H2. The lowest BCUT2D eigenvalue weighted by molar-refractivity contribution is -0.108. The second-order valence-electron chi connectivity index (χ2n) is 4.45. The minimum atomic E-state index is 0.692. The van der Waals surface area contributed by atoms with Crippen molar-refractivity contribution in [3.63, 3.8) is 0 Å². The minimum absolute atomic E-state index is 0.692. The van der Waals surface area contributed by atoms with Crippen molar-refractivity contribution in [2.75, 3.05) is 0 Å². The normalized spacial score (nSPS) is 33.4. The van der Waals surface area contributed by atoms with Crippen LogP contribution in [0.2, 0.25) is 0 Å². The summed E-state index contributed by atoms with van der Waals surface area (Å²) in [5.74, 6) is 1.53. The molecular weight excluding hydrogens is 160 g/mol. The van der Waals surface area contributed by atoms with Crippen molar-refractivity contribution in [2.45, 2.75) is 44.9 Å². The highest BCUT2D eigenvalue weighted by atomic mass is 16.1. The summed E-state index contributed by atoms with van der Waals surface area (Å²) in [7, 11) is 0. The molecule has 0 aromatic rings. The van der Waals surface area contributed by atoms with Gasteiger partial charge >= 0.3 is 0 Å². The summed E-state index contributed by atoms with van der Waals surface area (Å²) >= 11 is 0. The van der Waals surface area contributed by atoms with E-state index in [4.69, 9.17) is 0 Å². The molecule has 1 heteroatoms. The molecule has 0 bridgehead atoms. The van der Waals surface area contributed by atoms with E-state index in [1.807, 2.05) is 0 Å². The predicted molar refractivity (Wildman–Crippen MR) is 53.4 cm³/mol. The van der Waals surface area contributed by atoms with Crippen LogP contribution in [0.15, 0.2) is 11.6 Å². The Labute approximate surface area is 80.2 Å². The highest BCUT2D eigenvalue weighted by Gasteiger charge is 2.26. The van der Waals surface area contributed by atoms with E-state index in [-0.39, 0.29) is 0 Å². The number of aldehydes is 1. The van der Waals surface area contributed by atoms with Crippen LogP contribution in [0.3, 0.4) is 0 Å². The van der Waals surface area contributed by atoms with E-state index < -0.39 is 0 Å². The van der Waals surface area contributed by atoms with E-state index in [1.165, 1.54) is 38.5 Å². The first-order chi connectivity index (χ1) is 6.40. The molecule has 2 rings (SSSR count). The van der Waals surface area contributed by atoms with Crippen LogP contribution < -0.4 is 0 Å². The van der Waals surface area contributed by atoms with Gasteiger partial charge in [-0.15, -0.1) is 0 Å². The third-order valence-corrected chi connectivity index (χ3v) is 3.58. The van der Waals surface area contributed by atoms with Crippen molar-refractivity contribution in [1.82, 2.24) is 0 Å². The summed E-state index contributed by atoms with van der Waals surface area (Å²) in [4.78, 5) is 10.4. The van der Waals surface area contributed by atoms with Crippen LogP contribution in [-0.4, -0.2) is 6.29 Å². The highest BCUT2D eigenvalue weighted by Crippen LogP contribution is 2.39. The van der Waals surface area contributed by atoms with Crippen molar-refractivity contribution < 1.29 is 4.79 Å². The summed E-state index contributed by atoms with van der Waals surface area (Å²) in [5, 5.41) is 0. The average Bonchev–Trinajstić information content (AvgIpc) is 2.18. The monoisotopic (exact) mass is 178 g/mol. The van der Waals surface area contributed by atoms with Gasteiger partial charge in [0.2, 0.25) is 0 Å². The van der Waals surface area contributed by atoms with Gasteiger partial charge in [-0.1, -0.05) is 11.6 Å². The van der Waals surface area contributed by atoms with Gasteiger partial charge < -0.3 is 4.79 Å². The van der Waals surface area contributed by atoms with Crippen LogP contribution in [-0.2, 0) is 4.79 Å². The van der Waals surface area contributed by atoms with E-state index in [9.17, 15) is 4.79 Å². The third kappa shape index (κ3) is 2.01. The zero-order valence-corrected chi connectivity index (χ0v) is 8.17. The second-order valence-corrected chi connectivity index (χ2v) is 4.45. The van der Waals surface area contributed by atoms with Crippen molar-refractivity contribution in [2.24, 2.45) is 11.8 Å². The molecule has 0 heterocycles. The van der Waals surface area contributed by atoms with Gasteiger partial charge in [-0.05, 0) is 50.4 Å². The fraction of sp³-hybridized carbons (Fsp3) is 0.750. The van der Waals surface area contributed by atoms with Crippen LogP contribution in [0.5, 0.6) is 0 Å². The molecule has 1 fully saturated rings. The van der Waals surface area contributed by atoms with Crippen LogP contribution in [0.4, 0.5) is 0 Å². The zero-order valence-electron chi connectivity index (χ0n) is 8.17. The minimum Gasteiger partial charge on any atom is -0.303 e. The number of allylic oxidation sites excluding steroid dienone is 2. The van der Waals surface area contributed by atoms with Crippen molar-refractivity contribution in [3.05, 3.63) is 11.6 Å². The first-order valence-corrected chi connectivity index (χ1v) is 5.52. The smallest absolute Gasteiger partial charge is 0.120 e. The molecule has 0 spiro atoms. The number of rotatable bonds is 2. The Bertz CT molecular complexity index is 217. The van der Waals surface area contributed by atoms with Gasteiger partial charge in [-0.25, -0.2) is 0 Å². The Kier molecular flexibility index (Phi) is 2.82. The van der Waals surface area contributed by atoms with E-state index >= 15 is 0 Å². The molecular formula is C12H18O. The maximum Gasteiger partial charge on any atom is 0.120 e. The van der Waals surface area contributed by atoms with Crippen molar-refractivity contribution >= 4 is 6.29 Å². The maximum atomic E-state index is 10.4. The number of hydrogen-bond donors (Lipinski definition) is 0. The summed E-state index contributed by atoms with van der Waals surface area (Å²) in [6, 6.07) is 0. The summed E-state index contributed by atoms with van der Waals surface area (Å²) in [6.07, 6.45) is 12.2. The molecule has 0 aliphatic heterocycles. The second kappa shape index (κ2) is 4.08. The van der Waals surface area contributed by atoms with Gasteiger partial charge in [0.25, 0.3) is 0 Å². The van der Waals surface area contributed by atoms with Crippen molar-refractivity contribution in [1.29, 1.82) is 0 Å². The topological polar surface area (TPSA) is 17.1 Å². The zero-order chi connectivity index (χ0) is 9.10. The molecule has 0 aromatic carbocycles. The molecule has 2 atom stereocenters. The lowest BCUT2D eigenvalue weighted by atomic mass is 9.72. The largest absolute Gasteiger partial charge is 0.303 e. The molecule has 1 saturated carbocycles. The molecule has 0 N–H and O–H groups in total. The van der Waals surface area contributed by atoms with Gasteiger partial charge in [0.1, 0.15) is 6.29 Å². The lowest BCUT2D eigenvalue weighted by Crippen LogP contribution is -2.20. The van der Waals surface area contributed by atoms with E-state index in [1.54, 1.807) is 5.57 Å². The van der Waals surface area contributed by atoms with Crippen LogP contribution >= 0.6 is 0 Å². The molecule has 2 unspecified atom stereocenters. The molecule has 0 saturated heterocycles. The maximum absolute atomic E-state index is 10.4. The highest BCUT2D eigenvalue weighted by molar-refractivity contribution is 5.49. The third-order valence-electron chi connectivity index (χ3n) is 3.58. The number of hydrogen-bond acceptors (Lipinski definition) is 1. The molecule has 13 heavy (non-hydrogen) atoms. The van der Waals surface area contributed by atoms with Gasteiger partial charge in [0.15, 0.2) is 0 Å². The summed E-state index contributed by atoms with van der Waals surface area (Å²) in [5.41, 5.74) is 1.70. The molecule has 2 aliphatic rings. The molecule has 2 aliphatic carbocycles. The summed E-state index contributed by atoms with van der Waals surface area (Å²) in [6.45, 7) is 0. The van der Waals surface area contributed by atoms with Crippen LogP contribution in [0.25, 0.3) is 0 Å². The Balaban J connectivity index is 1.96. The average molecular weight is 178 g/mol. The SMILES string of the molecule is O=CCC1CCC2=CCCCC2C1. The quantitative estimate of drug-likeness (QED) is 0.469. The molecule has 0 aromatic heterocycles. The fourth-order valence-electron chi connectivity index (χ4n) is 2.82. The predicted octanol–water partition coefficient (Wildman–Crippen LogP) is 3.10. The lowest BCUT2D eigenvalue weighted by Gasteiger charge is -2.33. The van der Waals surface area contributed by atoms with Gasteiger partial charge in [0.05, 0.1) is 0 Å². The van der Waals surface area contributed by atoms with Gasteiger partial charge in [0, 0.05) is 6.42 Å². The van der Waals surface area contributed by atoms with E-state index in [0.717, 1.165) is 18.6 Å². The van der Waals surface area contributed by atoms with E-state index in [0.29, 0.717) is 5.92 Å². The number of carbonyl (C=O) groups is 1. The van der Waals surface area contributed by atoms with Gasteiger partial charge in [-0.3, -0.25) is 0 Å². The number of carbonyl (C=O) groups excluding carboxylic acids is 1. The Morgan fingerprint density at radius 3 is 3.23 bits per heavy atom. The van der Waals surface area contributed by atoms with Crippen LogP contribution in [0.1, 0.15) is 44.9 Å². The van der Waals surface area contributed by atoms with Crippen LogP contribution in [0, 0.1) is 11.8 Å². The molecule has 72 valence electrons. The Morgan fingerprint density at radius 1 is 1.46 bits per heavy atom. The summed E-state index contributed by atoms with van der Waals surface area (Å²) < 4.78 is 0. The molecule has 0 amide bonds. The Hall–Kier alpha value is -0.590. The number of fused-ring (bicyclic) bond motifs is 1. The Morgan fingerprint density at radius 2 is 2.38 bits per heavy atom.